The molecule has 5 heteroatoms. The Balaban J connectivity index is 2.45. The van der Waals surface area contributed by atoms with E-state index in [-0.39, 0.29) is 11.5 Å². The van der Waals surface area contributed by atoms with Crippen molar-refractivity contribution in [1.82, 2.24) is 9.78 Å². The lowest BCUT2D eigenvalue weighted by molar-refractivity contribution is 0.0934. The van der Waals surface area contributed by atoms with E-state index in [1.807, 2.05) is 12.3 Å². The standard InChI is InChI=1S/C11H10N2O2S/c1-16-10-7-9(14)12-13(10)11(15)8-5-3-2-4-6-8/h2-7H,1H3,(H,12,14). The minimum atomic E-state index is -0.270. The van der Waals surface area contributed by atoms with Crippen LogP contribution < -0.4 is 5.56 Å². The number of benzene rings is 1. The lowest BCUT2D eigenvalue weighted by Gasteiger charge is -2.04. The number of carbonyl (C=O) groups is 1. The highest BCUT2D eigenvalue weighted by molar-refractivity contribution is 7.98. The van der Waals surface area contributed by atoms with E-state index in [0.717, 1.165) is 0 Å². The number of H-pyrrole nitrogens is 1. The van der Waals surface area contributed by atoms with E-state index in [1.165, 1.54) is 22.5 Å². The van der Waals surface area contributed by atoms with Crippen molar-refractivity contribution >= 4 is 17.7 Å². The van der Waals surface area contributed by atoms with Crippen LogP contribution in [0.4, 0.5) is 0 Å². The summed E-state index contributed by atoms with van der Waals surface area (Å²) in [6, 6.07) is 10.2. The first-order chi connectivity index (χ1) is 7.72. The van der Waals surface area contributed by atoms with Gasteiger partial charge in [-0.3, -0.25) is 14.7 Å². The Kier molecular flexibility index (Phi) is 2.96. The van der Waals surface area contributed by atoms with Crippen LogP contribution >= 0.6 is 11.8 Å². The highest BCUT2D eigenvalue weighted by Gasteiger charge is 2.12. The van der Waals surface area contributed by atoms with E-state index >= 15 is 0 Å². The van der Waals surface area contributed by atoms with Crippen LogP contribution in [0.2, 0.25) is 0 Å². The predicted molar refractivity (Wildman–Crippen MR) is 63.0 cm³/mol. The molecule has 0 spiro atoms. The third kappa shape index (κ3) is 1.94. The van der Waals surface area contributed by atoms with Gasteiger partial charge in [-0.05, 0) is 18.4 Å². The van der Waals surface area contributed by atoms with Crippen molar-refractivity contribution in [1.29, 1.82) is 0 Å². The number of nitrogens with zero attached hydrogens (tertiary/aromatic N) is 1. The summed E-state index contributed by atoms with van der Waals surface area (Å²) in [6.45, 7) is 0. The number of rotatable bonds is 2. The van der Waals surface area contributed by atoms with Crippen LogP contribution in [0.25, 0.3) is 0 Å². The summed E-state index contributed by atoms with van der Waals surface area (Å²) in [7, 11) is 0. The Hall–Kier alpha value is -1.75. The molecule has 0 saturated carbocycles. The lowest BCUT2D eigenvalue weighted by Crippen LogP contribution is -2.16. The molecule has 1 aromatic carbocycles. The Morgan fingerprint density at radius 3 is 2.62 bits per heavy atom. The van der Waals surface area contributed by atoms with Crippen LogP contribution in [0.5, 0.6) is 0 Å². The van der Waals surface area contributed by atoms with Gasteiger partial charge in [-0.15, -0.1) is 11.8 Å². The first-order valence-electron chi connectivity index (χ1n) is 4.68. The molecule has 0 unspecified atom stereocenters. The van der Waals surface area contributed by atoms with Crippen molar-refractivity contribution in [2.75, 3.05) is 6.26 Å². The van der Waals surface area contributed by atoms with Crippen molar-refractivity contribution in [3.05, 3.63) is 52.3 Å². The second-order valence-corrected chi connectivity index (χ2v) is 4.00. The number of aromatic amines is 1. The minimum Gasteiger partial charge on any atom is -0.268 e. The van der Waals surface area contributed by atoms with Gasteiger partial charge in [0.25, 0.3) is 11.5 Å². The smallest absolute Gasteiger partial charge is 0.268 e. The molecule has 0 fully saturated rings. The third-order valence-corrected chi connectivity index (χ3v) is 2.85. The van der Waals surface area contributed by atoms with E-state index in [9.17, 15) is 9.59 Å². The average Bonchev–Trinajstić information content (AvgIpc) is 2.70. The number of carbonyl (C=O) groups excluding carboxylic acids is 1. The maximum Gasteiger partial charge on any atom is 0.277 e. The summed E-state index contributed by atoms with van der Waals surface area (Å²) in [5, 5.41) is 3.09. The molecule has 0 bridgehead atoms. The summed E-state index contributed by atoms with van der Waals surface area (Å²) < 4.78 is 1.27. The largest absolute Gasteiger partial charge is 0.277 e. The fourth-order valence-corrected chi connectivity index (χ4v) is 1.92. The zero-order valence-electron chi connectivity index (χ0n) is 8.64. The van der Waals surface area contributed by atoms with Gasteiger partial charge in [-0.1, -0.05) is 18.2 Å². The van der Waals surface area contributed by atoms with E-state index in [1.54, 1.807) is 24.3 Å². The van der Waals surface area contributed by atoms with Crippen LogP contribution in [0.3, 0.4) is 0 Å². The first kappa shape index (κ1) is 10.8. The molecule has 82 valence electrons. The van der Waals surface area contributed by atoms with E-state index in [4.69, 9.17) is 0 Å². The highest BCUT2D eigenvalue weighted by atomic mass is 32.2. The fourth-order valence-electron chi connectivity index (χ4n) is 1.39. The van der Waals surface area contributed by atoms with Gasteiger partial charge in [-0.25, -0.2) is 4.68 Å². The van der Waals surface area contributed by atoms with Crippen LogP contribution in [0.15, 0.2) is 46.2 Å². The Labute approximate surface area is 96.3 Å². The van der Waals surface area contributed by atoms with Gasteiger partial charge in [0, 0.05) is 11.6 Å². The lowest BCUT2D eigenvalue weighted by atomic mass is 10.2. The van der Waals surface area contributed by atoms with Gasteiger partial charge in [0.05, 0.1) is 0 Å². The SMILES string of the molecule is CSc1cc(=O)[nH]n1C(=O)c1ccccc1. The number of thioether (sulfide) groups is 1. The van der Waals surface area contributed by atoms with E-state index < -0.39 is 0 Å². The molecule has 0 radical (unpaired) electrons. The van der Waals surface area contributed by atoms with Gasteiger partial charge in [-0.2, -0.15) is 0 Å². The molecule has 2 rings (SSSR count). The Morgan fingerprint density at radius 2 is 2.00 bits per heavy atom. The summed E-state index contributed by atoms with van der Waals surface area (Å²) >= 11 is 1.35. The molecule has 1 aromatic heterocycles. The second kappa shape index (κ2) is 4.40. The molecule has 1 N–H and O–H groups in total. The van der Waals surface area contributed by atoms with Crippen molar-refractivity contribution in [2.24, 2.45) is 0 Å². The molecule has 0 atom stereocenters. The van der Waals surface area contributed by atoms with Crippen LogP contribution in [0, 0.1) is 0 Å². The monoisotopic (exact) mass is 234 g/mol. The van der Waals surface area contributed by atoms with Crippen molar-refractivity contribution < 1.29 is 4.79 Å². The van der Waals surface area contributed by atoms with Gasteiger partial charge in [0.15, 0.2) is 0 Å². The highest BCUT2D eigenvalue weighted by Crippen LogP contribution is 2.13. The molecule has 0 aliphatic rings. The van der Waals surface area contributed by atoms with Gasteiger partial charge >= 0.3 is 0 Å². The predicted octanol–water partition coefficient (Wildman–Crippen LogP) is 1.59. The molecule has 0 aliphatic carbocycles. The maximum absolute atomic E-state index is 12.0. The molecular formula is C11H10N2O2S. The van der Waals surface area contributed by atoms with Gasteiger partial charge in [0.1, 0.15) is 5.03 Å². The Morgan fingerprint density at radius 1 is 1.31 bits per heavy atom. The summed E-state index contributed by atoms with van der Waals surface area (Å²) in [4.78, 5) is 23.2. The summed E-state index contributed by atoms with van der Waals surface area (Å²) in [6.07, 6.45) is 1.82. The fraction of sp³-hybridized carbons (Fsp3) is 0.0909. The molecule has 2 aromatic rings. The average molecular weight is 234 g/mol. The third-order valence-electron chi connectivity index (χ3n) is 2.13. The van der Waals surface area contributed by atoms with Gasteiger partial charge in [0.2, 0.25) is 0 Å². The topological polar surface area (TPSA) is 54.9 Å². The van der Waals surface area contributed by atoms with Crippen molar-refractivity contribution in [2.45, 2.75) is 5.03 Å². The minimum absolute atomic E-state index is 0.230. The zero-order chi connectivity index (χ0) is 11.5. The van der Waals surface area contributed by atoms with Crippen LogP contribution in [-0.2, 0) is 0 Å². The summed E-state index contributed by atoms with van der Waals surface area (Å²) in [5.41, 5.74) is 0.276. The molecule has 0 saturated heterocycles. The molecule has 4 nitrogen and oxygen atoms in total. The number of nitrogens with one attached hydrogen (secondary N) is 1. The molecule has 1 heterocycles. The normalized spacial score (nSPS) is 10.3. The molecular weight excluding hydrogens is 224 g/mol. The molecule has 16 heavy (non-hydrogen) atoms. The second-order valence-electron chi connectivity index (χ2n) is 3.17. The van der Waals surface area contributed by atoms with Gasteiger partial charge < -0.3 is 0 Å². The van der Waals surface area contributed by atoms with E-state index in [0.29, 0.717) is 10.6 Å². The maximum atomic E-state index is 12.0. The zero-order valence-corrected chi connectivity index (χ0v) is 9.45. The van der Waals surface area contributed by atoms with Crippen LogP contribution in [-0.4, -0.2) is 21.9 Å². The Bertz CT molecular complexity index is 557. The van der Waals surface area contributed by atoms with E-state index in [2.05, 4.69) is 5.10 Å². The number of hydrogen-bond acceptors (Lipinski definition) is 3. The van der Waals surface area contributed by atoms with Crippen molar-refractivity contribution in [3.63, 3.8) is 0 Å². The van der Waals surface area contributed by atoms with Crippen LogP contribution in [0.1, 0.15) is 10.4 Å². The summed E-state index contributed by atoms with van der Waals surface area (Å²) in [5.74, 6) is -0.230. The number of hydrogen-bond donors (Lipinski definition) is 1. The first-order valence-corrected chi connectivity index (χ1v) is 5.90. The number of aromatic nitrogens is 2. The quantitative estimate of drug-likeness (QED) is 0.803. The van der Waals surface area contributed by atoms with Crippen molar-refractivity contribution in [3.8, 4) is 0 Å². The molecule has 0 aliphatic heterocycles. The molecule has 0 amide bonds.